The van der Waals surface area contributed by atoms with Gasteiger partial charge in [0, 0.05) is 25.6 Å². The molecule has 0 aliphatic carbocycles. The van der Waals surface area contributed by atoms with Crippen LogP contribution >= 0.6 is 11.6 Å². The van der Waals surface area contributed by atoms with Crippen LogP contribution < -0.4 is 0 Å². The van der Waals surface area contributed by atoms with Crippen molar-refractivity contribution in [2.24, 2.45) is 0 Å². The van der Waals surface area contributed by atoms with Gasteiger partial charge in [0.25, 0.3) is 0 Å². The number of hydrogen-bond donors (Lipinski definition) is 0. The third-order valence-electron chi connectivity index (χ3n) is 3.01. The molecule has 1 aliphatic rings. The number of ether oxygens (including phenoxy) is 1. The molecule has 1 aromatic rings. The molecule has 1 aliphatic heterocycles. The maximum atomic E-state index is 13.8. The third-order valence-corrected chi connectivity index (χ3v) is 5.21. The molecule has 0 radical (unpaired) electrons. The number of benzene rings is 1. The first-order valence-electron chi connectivity index (χ1n) is 6.08. The van der Waals surface area contributed by atoms with Crippen LogP contribution in [0.5, 0.6) is 0 Å². The molecule has 8 heteroatoms. The highest BCUT2D eigenvalue weighted by Gasteiger charge is 2.30. The molecule has 20 heavy (non-hydrogen) atoms. The molecule has 0 atom stereocenters. The molecule has 0 unspecified atom stereocenters. The number of nitrogens with zero attached hydrogens (tertiary/aromatic N) is 1. The second-order valence-electron chi connectivity index (χ2n) is 4.39. The Morgan fingerprint density at radius 2 is 2.00 bits per heavy atom. The molecule has 1 saturated heterocycles. The molecule has 0 N–H and O–H groups in total. The Morgan fingerprint density at radius 3 is 2.70 bits per heavy atom. The van der Waals surface area contributed by atoms with Crippen LogP contribution in [0.15, 0.2) is 17.0 Å². The summed E-state index contributed by atoms with van der Waals surface area (Å²) in [7, 11) is -4.09. The van der Waals surface area contributed by atoms with Crippen molar-refractivity contribution in [2.45, 2.75) is 17.2 Å². The Balaban J connectivity index is 2.45. The normalized spacial score (nSPS) is 17.9. The van der Waals surface area contributed by atoms with Crippen LogP contribution in [0.2, 0.25) is 0 Å². The van der Waals surface area contributed by atoms with Crippen LogP contribution in [0.3, 0.4) is 0 Å². The summed E-state index contributed by atoms with van der Waals surface area (Å²) in [6, 6.07) is 1.97. The Hall–Kier alpha value is -0.760. The molecule has 112 valence electrons. The number of halogens is 3. The van der Waals surface area contributed by atoms with E-state index in [1.165, 1.54) is 0 Å². The zero-order chi connectivity index (χ0) is 14.8. The van der Waals surface area contributed by atoms with E-state index in [-0.39, 0.29) is 31.1 Å². The Labute approximate surface area is 121 Å². The van der Waals surface area contributed by atoms with Gasteiger partial charge in [-0.15, -0.1) is 11.6 Å². The van der Waals surface area contributed by atoms with Gasteiger partial charge in [-0.3, -0.25) is 0 Å². The van der Waals surface area contributed by atoms with Crippen molar-refractivity contribution in [3.05, 3.63) is 29.3 Å². The molecule has 0 bridgehead atoms. The van der Waals surface area contributed by atoms with Crippen LogP contribution in [0.25, 0.3) is 0 Å². The van der Waals surface area contributed by atoms with E-state index in [0.29, 0.717) is 13.0 Å². The molecule has 4 nitrogen and oxygen atoms in total. The van der Waals surface area contributed by atoms with E-state index < -0.39 is 26.6 Å². The van der Waals surface area contributed by atoms with Gasteiger partial charge in [-0.2, -0.15) is 4.31 Å². The second-order valence-corrected chi connectivity index (χ2v) is 6.57. The van der Waals surface area contributed by atoms with Gasteiger partial charge < -0.3 is 4.74 Å². The molecule has 0 spiro atoms. The van der Waals surface area contributed by atoms with E-state index in [1.54, 1.807) is 0 Å². The van der Waals surface area contributed by atoms with Crippen molar-refractivity contribution in [3.63, 3.8) is 0 Å². The lowest BCUT2D eigenvalue weighted by molar-refractivity contribution is 0.148. The van der Waals surface area contributed by atoms with E-state index in [4.69, 9.17) is 16.3 Å². The number of rotatable bonds is 3. The summed E-state index contributed by atoms with van der Waals surface area (Å²) in [6.07, 6.45) is 0.512. The number of hydrogen-bond acceptors (Lipinski definition) is 3. The zero-order valence-electron chi connectivity index (χ0n) is 10.6. The molecule has 0 aromatic heterocycles. The van der Waals surface area contributed by atoms with E-state index in [2.05, 4.69) is 0 Å². The maximum Gasteiger partial charge on any atom is 0.246 e. The molecular weight excluding hydrogens is 312 g/mol. The van der Waals surface area contributed by atoms with E-state index >= 15 is 0 Å². The average Bonchev–Trinajstić information content (AvgIpc) is 2.70. The number of sulfonamides is 1. The highest BCUT2D eigenvalue weighted by Crippen LogP contribution is 2.24. The maximum absolute atomic E-state index is 13.8. The minimum absolute atomic E-state index is 0.0944. The van der Waals surface area contributed by atoms with Crippen LogP contribution in [0, 0.1) is 11.6 Å². The van der Waals surface area contributed by atoms with E-state index in [1.807, 2.05) is 0 Å². The lowest BCUT2D eigenvalue weighted by Gasteiger charge is -2.20. The van der Waals surface area contributed by atoms with Gasteiger partial charge in [-0.1, -0.05) is 0 Å². The summed E-state index contributed by atoms with van der Waals surface area (Å²) in [6.45, 7) is 1.02. The molecule has 0 saturated carbocycles. The lowest BCUT2D eigenvalue weighted by Crippen LogP contribution is -2.34. The number of alkyl halides is 1. The fourth-order valence-electron chi connectivity index (χ4n) is 1.98. The minimum atomic E-state index is -4.09. The topological polar surface area (TPSA) is 46.6 Å². The summed E-state index contributed by atoms with van der Waals surface area (Å²) in [4.78, 5) is -0.671. The van der Waals surface area contributed by atoms with Gasteiger partial charge >= 0.3 is 0 Å². The van der Waals surface area contributed by atoms with Crippen LogP contribution in [0.4, 0.5) is 8.78 Å². The summed E-state index contributed by atoms with van der Waals surface area (Å²) in [5.74, 6) is -2.68. The van der Waals surface area contributed by atoms with Gasteiger partial charge in [0.1, 0.15) is 4.90 Å². The summed E-state index contributed by atoms with van der Waals surface area (Å²) >= 11 is 5.57. The fraction of sp³-hybridized carbons (Fsp3) is 0.500. The van der Waals surface area contributed by atoms with Gasteiger partial charge in [-0.25, -0.2) is 17.2 Å². The highest BCUT2D eigenvalue weighted by atomic mass is 35.5. The van der Waals surface area contributed by atoms with Gasteiger partial charge in [0.2, 0.25) is 10.0 Å². The zero-order valence-corrected chi connectivity index (χ0v) is 12.2. The van der Waals surface area contributed by atoms with Gasteiger partial charge in [0.05, 0.1) is 6.61 Å². The quantitative estimate of drug-likeness (QED) is 0.800. The highest BCUT2D eigenvalue weighted by molar-refractivity contribution is 7.89. The molecule has 2 rings (SSSR count). The van der Waals surface area contributed by atoms with Crippen molar-refractivity contribution in [1.82, 2.24) is 4.31 Å². The Bertz CT molecular complexity index is 587. The molecule has 1 fully saturated rings. The van der Waals surface area contributed by atoms with Gasteiger partial charge in [0.15, 0.2) is 11.6 Å². The van der Waals surface area contributed by atoms with Crippen LogP contribution in [-0.2, 0) is 20.6 Å². The standard InChI is InChI=1S/C12H14ClF2NO3S/c13-8-9-6-10(14)12(15)11(7-9)20(17,18)16-2-1-4-19-5-3-16/h6-7H,1-5,8H2. The lowest BCUT2D eigenvalue weighted by atomic mass is 10.2. The summed E-state index contributed by atoms with van der Waals surface area (Å²) in [5.41, 5.74) is 0.218. The fourth-order valence-corrected chi connectivity index (χ4v) is 3.73. The minimum Gasteiger partial charge on any atom is -0.380 e. The Morgan fingerprint density at radius 1 is 1.25 bits per heavy atom. The largest absolute Gasteiger partial charge is 0.380 e. The van der Waals surface area contributed by atoms with Crippen molar-refractivity contribution < 1.29 is 21.9 Å². The molecular formula is C12H14ClF2NO3S. The van der Waals surface area contributed by atoms with Crippen molar-refractivity contribution in [2.75, 3.05) is 26.3 Å². The predicted molar refractivity (Wildman–Crippen MR) is 70.1 cm³/mol. The van der Waals surface area contributed by atoms with Crippen LogP contribution in [-0.4, -0.2) is 39.0 Å². The third kappa shape index (κ3) is 3.11. The van der Waals surface area contributed by atoms with Gasteiger partial charge in [-0.05, 0) is 24.1 Å². The Kier molecular flexibility index (Phi) is 4.95. The SMILES string of the molecule is O=S(=O)(c1cc(CCl)cc(F)c1F)N1CCCOCC1. The van der Waals surface area contributed by atoms with E-state index in [0.717, 1.165) is 16.4 Å². The predicted octanol–water partition coefficient (Wildman–Crippen LogP) is 2.11. The summed E-state index contributed by atoms with van der Waals surface area (Å²) < 4.78 is 58.3. The van der Waals surface area contributed by atoms with E-state index in [9.17, 15) is 17.2 Å². The van der Waals surface area contributed by atoms with Crippen molar-refractivity contribution in [3.8, 4) is 0 Å². The molecule has 1 heterocycles. The summed E-state index contributed by atoms with van der Waals surface area (Å²) in [5, 5.41) is 0. The van der Waals surface area contributed by atoms with Crippen molar-refractivity contribution >= 4 is 21.6 Å². The first-order chi connectivity index (χ1) is 9.46. The monoisotopic (exact) mass is 325 g/mol. The average molecular weight is 326 g/mol. The second kappa shape index (κ2) is 6.34. The van der Waals surface area contributed by atoms with Crippen LogP contribution in [0.1, 0.15) is 12.0 Å². The van der Waals surface area contributed by atoms with Crippen molar-refractivity contribution in [1.29, 1.82) is 0 Å². The smallest absolute Gasteiger partial charge is 0.246 e. The molecule has 1 aromatic carbocycles. The molecule has 0 amide bonds. The first-order valence-corrected chi connectivity index (χ1v) is 8.06. The first kappa shape index (κ1) is 15.6.